The van der Waals surface area contributed by atoms with Gasteiger partial charge in [-0.2, -0.15) is 0 Å². The number of benzene rings is 1. The molecule has 4 heteroatoms. The van der Waals surface area contributed by atoms with Gasteiger partial charge in [-0.05, 0) is 31.5 Å². The number of carbonyl (C=O) groups is 1. The van der Waals surface area contributed by atoms with E-state index in [-0.39, 0.29) is 24.3 Å². The van der Waals surface area contributed by atoms with Crippen molar-refractivity contribution in [3.63, 3.8) is 0 Å². The zero-order chi connectivity index (χ0) is 12.1. The molecule has 1 rings (SSSR count). The van der Waals surface area contributed by atoms with E-state index in [1.807, 2.05) is 0 Å². The Bertz CT molecular complexity index is 366. The molecular weight excluding hydrogens is 209 g/mol. The zero-order valence-electron chi connectivity index (χ0n) is 9.44. The number of esters is 1. The second-order valence-electron chi connectivity index (χ2n) is 3.90. The molecule has 0 radical (unpaired) electrons. The van der Waals surface area contributed by atoms with Gasteiger partial charge in [0, 0.05) is 6.04 Å². The largest absolute Gasteiger partial charge is 0.463 e. The average Bonchev–Trinajstić information content (AvgIpc) is 2.16. The number of hydrogen-bond acceptors (Lipinski definition) is 3. The van der Waals surface area contributed by atoms with E-state index in [0.717, 1.165) is 0 Å². The Labute approximate surface area is 94.4 Å². The SMILES string of the molecule is CC(C)OC(=O)CC(N)c1cccc(F)c1. The highest BCUT2D eigenvalue weighted by Crippen LogP contribution is 2.15. The predicted octanol–water partition coefficient (Wildman–Crippen LogP) is 2.17. The first-order chi connectivity index (χ1) is 7.49. The van der Waals surface area contributed by atoms with E-state index in [1.165, 1.54) is 12.1 Å². The third kappa shape index (κ3) is 3.98. The summed E-state index contributed by atoms with van der Waals surface area (Å²) in [4.78, 5) is 11.3. The number of hydrogen-bond donors (Lipinski definition) is 1. The summed E-state index contributed by atoms with van der Waals surface area (Å²) in [5.74, 6) is -0.725. The van der Waals surface area contributed by atoms with Crippen LogP contribution in [-0.4, -0.2) is 12.1 Å². The number of ether oxygens (including phenoxy) is 1. The third-order valence-electron chi connectivity index (χ3n) is 2.03. The molecule has 0 heterocycles. The fraction of sp³-hybridized carbons (Fsp3) is 0.417. The molecular formula is C12H16FNO2. The highest BCUT2D eigenvalue weighted by molar-refractivity contribution is 5.70. The molecule has 1 atom stereocenters. The summed E-state index contributed by atoms with van der Waals surface area (Å²) >= 11 is 0. The van der Waals surface area contributed by atoms with Crippen LogP contribution in [0.3, 0.4) is 0 Å². The van der Waals surface area contributed by atoms with Crippen LogP contribution in [0.25, 0.3) is 0 Å². The van der Waals surface area contributed by atoms with E-state index >= 15 is 0 Å². The Morgan fingerprint density at radius 3 is 2.75 bits per heavy atom. The molecule has 0 aliphatic carbocycles. The van der Waals surface area contributed by atoms with Gasteiger partial charge in [-0.15, -0.1) is 0 Å². The molecule has 0 bridgehead atoms. The van der Waals surface area contributed by atoms with Crippen molar-refractivity contribution < 1.29 is 13.9 Å². The van der Waals surface area contributed by atoms with Crippen molar-refractivity contribution in [1.29, 1.82) is 0 Å². The molecule has 1 unspecified atom stereocenters. The molecule has 0 amide bonds. The van der Waals surface area contributed by atoms with Crippen molar-refractivity contribution in [3.05, 3.63) is 35.6 Å². The highest BCUT2D eigenvalue weighted by atomic mass is 19.1. The van der Waals surface area contributed by atoms with Crippen LogP contribution in [-0.2, 0) is 9.53 Å². The second kappa shape index (κ2) is 5.61. The Morgan fingerprint density at radius 2 is 2.19 bits per heavy atom. The summed E-state index contributed by atoms with van der Waals surface area (Å²) in [7, 11) is 0. The van der Waals surface area contributed by atoms with Crippen LogP contribution >= 0.6 is 0 Å². The predicted molar refractivity (Wildman–Crippen MR) is 59.2 cm³/mol. The molecule has 0 saturated carbocycles. The Kier molecular flexibility index (Phi) is 4.43. The Morgan fingerprint density at radius 1 is 1.50 bits per heavy atom. The van der Waals surface area contributed by atoms with Gasteiger partial charge in [0.25, 0.3) is 0 Å². The van der Waals surface area contributed by atoms with E-state index < -0.39 is 6.04 Å². The maximum atomic E-state index is 12.9. The normalized spacial score (nSPS) is 12.6. The maximum absolute atomic E-state index is 12.9. The summed E-state index contributed by atoms with van der Waals surface area (Å²) in [6.07, 6.45) is -0.103. The number of halogens is 1. The van der Waals surface area contributed by atoms with Crippen LogP contribution in [0.4, 0.5) is 4.39 Å². The first kappa shape index (κ1) is 12.6. The van der Waals surface area contributed by atoms with Crippen molar-refractivity contribution in [1.82, 2.24) is 0 Å². The summed E-state index contributed by atoms with van der Waals surface area (Å²) in [5, 5.41) is 0. The van der Waals surface area contributed by atoms with Crippen LogP contribution in [0.15, 0.2) is 24.3 Å². The monoisotopic (exact) mass is 225 g/mol. The molecule has 16 heavy (non-hydrogen) atoms. The van der Waals surface area contributed by atoms with E-state index in [9.17, 15) is 9.18 Å². The number of carbonyl (C=O) groups excluding carboxylic acids is 1. The van der Waals surface area contributed by atoms with E-state index in [4.69, 9.17) is 10.5 Å². The van der Waals surface area contributed by atoms with Crippen LogP contribution in [0.5, 0.6) is 0 Å². The lowest BCUT2D eigenvalue weighted by molar-refractivity contribution is -0.147. The molecule has 0 aliphatic rings. The minimum atomic E-state index is -0.526. The molecule has 1 aromatic carbocycles. The second-order valence-corrected chi connectivity index (χ2v) is 3.90. The van der Waals surface area contributed by atoms with Gasteiger partial charge in [0.05, 0.1) is 12.5 Å². The van der Waals surface area contributed by atoms with Gasteiger partial charge in [0.15, 0.2) is 0 Å². The first-order valence-electron chi connectivity index (χ1n) is 5.19. The van der Waals surface area contributed by atoms with Gasteiger partial charge >= 0.3 is 5.97 Å². The highest BCUT2D eigenvalue weighted by Gasteiger charge is 2.14. The number of nitrogens with two attached hydrogens (primary N) is 1. The molecule has 0 spiro atoms. The first-order valence-corrected chi connectivity index (χ1v) is 5.19. The van der Waals surface area contributed by atoms with Gasteiger partial charge < -0.3 is 10.5 Å². The molecule has 0 saturated heterocycles. The van der Waals surface area contributed by atoms with E-state index in [0.29, 0.717) is 5.56 Å². The lowest BCUT2D eigenvalue weighted by Crippen LogP contribution is -2.19. The quantitative estimate of drug-likeness (QED) is 0.799. The topological polar surface area (TPSA) is 52.3 Å². The standard InChI is InChI=1S/C12H16FNO2/c1-8(2)16-12(15)7-11(14)9-4-3-5-10(13)6-9/h3-6,8,11H,7,14H2,1-2H3. The van der Waals surface area contributed by atoms with Crippen LogP contribution in [0.1, 0.15) is 31.9 Å². The molecule has 0 fully saturated rings. The van der Waals surface area contributed by atoms with Crippen molar-refractivity contribution >= 4 is 5.97 Å². The molecule has 88 valence electrons. The Hall–Kier alpha value is -1.42. The fourth-order valence-corrected chi connectivity index (χ4v) is 1.35. The summed E-state index contributed by atoms with van der Waals surface area (Å²) < 4.78 is 17.9. The van der Waals surface area contributed by atoms with Gasteiger partial charge in [0.1, 0.15) is 5.82 Å². The van der Waals surface area contributed by atoms with Gasteiger partial charge in [-0.3, -0.25) is 4.79 Å². The van der Waals surface area contributed by atoms with Crippen molar-refractivity contribution in [2.24, 2.45) is 5.73 Å². The summed E-state index contributed by atoms with van der Waals surface area (Å²) in [6.45, 7) is 3.54. The van der Waals surface area contributed by atoms with Crippen LogP contribution in [0.2, 0.25) is 0 Å². The Balaban J connectivity index is 2.58. The zero-order valence-corrected chi connectivity index (χ0v) is 9.44. The third-order valence-corrected chi connectivity index (χ3v) is 2.03. The molecule has 1 aromatic rings. The number of rotatable bonds is 4. The molecule has 2 N–H and O–H groups in total. The fourth-order valence-electron chi connectivity index (χ4n) is 1.35. The van der Waals surface area contributed by atoms with E-state index in [2.05, 4.69) is 0 Å². The molecule has 0 aliphatic heterocycles. The van der Waals surface area contributed by atoms with Crippen molar-refractivity contribution in [2.45, 2.75) is 32.4 Å². The lowest BCUT2D eigenvalue weighted by atomic mass is 10.0. The van der Waals surface area contributed by atoms with E-state index in [1.54, 1.807) is 26.0 Å². The van der Waals surface area contributed by atoms with Crippen LogP contribution < -0.4 is 5.73 Å². The minimum Gasteiger partial charge on any atom is -0.463 e. The van der Waals surface area contributed by atoms with Gasteiger partial charge in [-0.25, -0.2) is 4.39 Å². The summed E-state index contributed by atoms with van der Waals surface area (Å²) in [6, 6.07) is 5.40. The van der Waals surface area contributed by atoms with Crippen LogP contribution in [0, 0.1) is 5.82 Å². The average molecular weight is 225 g/mol. The molecule has 0 aromatic heterocycles. The van der Waals surface area contributed by atoms with Crippen molar-refractivity contribution in [3.8, 4) is 0 Å². The maximum Gasteiger partial charge on any atom is 0.307 e. The van der Waals surface area contributed by atoms with Gasteiger partial charge in [-0.1, -0.05) is 12.1 Å². The van der Waals surface area contributed by atoms with Gasteiger partial charge in [0.2, 0.25) is 0 Å². The minimum absolute atomic E-state index is 0.0572. The lowest BCUT2D eigenvalue weighted by Gasteiger charge is -2.13. The molecule has 3 nitrogen and oxygen atoms in total. The van der Waals surface area contributed by atoms with Crippen molar-refractivity contribution in [2.75, 3.05) is 0 Å². The summed E-state index contributed by atoms with van der Waals surface area (Å²) in [5.41, 5.74) is 6.37. The smallest absolute Gasteiger partial charge is 0.307 e.